The number of fused-ring (bicyclic) bond motifs is 1. The van der Waals surface area contributed by atoms with Crippen LogP contribution in [0.15, 0.2) is 18.2 Å². The minimum absolute atomic E-state index is 0.0828. The summed E-state index contributed by atoms with van der Waals surface area (Å²) in [6, 6.07) is 6.97. The average Bonchev–Trinajstić information content (AvgIpc) is 2.82. The normalized spacial score (nSPS) is 17.5. The van der Waals surface area contributed by atoms with Crippen molar-refractivity contribution >= 4 is 0 Å². The molecular formula is C17H27NO. The van der Waals surface area contributed by atoms with Crippen LogP contribution in [0.2, 0.25) is 0 Å². The van der Waals surface area contributed by atoms with E-state index in [1.54, 1.807) is 0 Å². The molecule has 0 spiro atoms. The Kier molecular flexibility index (Phi) is 5.00. The smallest absolute Gasteiger partial charge is 0.0751 e. The molecule has 0 saturated carbocycles. The van der Waals surface area contributed by atoms with E-state index in [-0.39, 0.29) is 12.1 Å². The fourth-order valence-corrected chi connectivity index (χ4v) is 3.14. The lowest BCUT2D eigenvalue weighted by Gasteiger charge is -2.27. The molecule has 106 valence electrons. The minimum atomic E-state index is 0.0828. The van der Waals surface area contributed by atoms with E-state index in [1.165, 1.54) is 36.0 Å². The number of rotatable bonds is 6. The van der Waals surface area contributed by atoms with Gasteiger partial charge >= 0.3 is 0 Å². The van der Waals surface area contributed by atoms with E-state index in [0.717, 1.165) is 13.0 Å². The van der Waals surface area contributed by atoms with Crippen molar-refractivity contribution in [1.29, 1.82) is 0 Å². The molecule has 0 fully saturated rings. The molecule has 0 aromatic heterocycles. The maximum atomic E-state index is 6.36. The van der Waals surface area contributed by atoms with Crippen LogP contribution < -0.4 is 5.73 Å². The third-order valence-corrected chi connectivity index (χ3v) is 4.07. The van der Waals surface area contributed by atoms with Gasteiger partial charge in [-0.2, -0.15) is 0 Å². The third-order valence-electron chi connectivity index (χ3n) is 4.07. The van der Waals surface area contributed by atoms with Gasteiger partial charge in [0.05, 0.1) is 6.10 Å². The summed E-state index contributed by atoms with van der Waals surface area (Å²) in [4.78, 5) is 0. The Bertz CT molecular complexity index is 414. The summed E-state index contributed by atoms with van der Waals surface area (Å²) in [6.45, 7) is 7.14. The van der Waals surface area contributed by atoms with Gasteiger partial charge in [0.1, 0.15) is 0 Å². The van der Waals surface area contributed by atoms with Crippen LogP contribution in [0.25, 0.3) is 0 Å². The number of ether oxygens (including phenoxy) is 1. The molecule has 1 aliphatic rings. The zero-order valence-corrected chi connectivity index (χ0v) is 12.5. The number of nitrogens with two attached hydrogens (primary N) is 1. The van der Waals surface area contributed by atoms with E-state index in [4.69, 9.17) is 10.5 Å². The Morgan fingerprint density at radius 2 is 1.95 bits per heavy atom. The summed E-state index contributed by atoms with van der Waals surface area (Å²) in [6.07, 6.45) is 4.85. The topological polar surface area (TPSA) is 35.2 Å². The maximum Gasteiger partial charge on any atom is 0.0751 e. The van der Waals surface area contributed by atoms with Gasteiger partial charge in [-0.15, -0.1) is 0 Å². The second-order valence-electron chi connectivity index (χ2n) is 5.99. The SMILES string of the molecule is CCOC(C(C)C)C(N)Cc1ccc2c(c1)CCC2. The molecular weight excluding hydrogens is 234 g/mol. The summed E-state index contributed by atoms with van der Waals surface area (Å²) < 4.78 is 5.81. The molecule has 0 amide bonds. The second kappa shape index (κ2) is 6.53. The first kappa shape index (κ1) is 14.5. The quantitative estimate of drug-likeness (QED) is 0.854. The summed E-state index contributed by atoms with van der Waals surface area (Å²) in [5.41, 5.74) is 10.8. The van der Waals surface area contributed by atoms with Crippen LogP contribution in [0.3, 0.4) is 0 Å². The van der Waals surface area contributed by atoms with Crippen LogP contribution in [-0.4, -0.2) is 18.8 Å². The molecule has 2 heteroatoms. The van der Waals surface area contributed by atoms with E-state index < -0.39 is 0 Å². The molecule has 1 aromatic carbocycles. The Labute approximate surface area is 117 Å². The summed E-state index contributed by atoms with van der Waals surface area (Å²) >= 11 is 0. The largest absolute Gasteiger partial charge is 0.377 e. The number of hydrogen-bond donors (Lipinski definition) is 1. The van der Waals surface area contributed by atoms with Crippen molar-refractivity contribution in [3.05, 3.63) is 34.9 Å². The summed E-state index contributed by atoms with van der Waals surface area (Å²) in [5, 5.41) is 0. The molecule has 1 aromatic rings. The Balaban J connectivity index is 2.03. The van der Waals surface area contributed by atoms with Crippen molar-refractivity contribution in [3.63, 3.8) is 0 Å². The van der Waals surface area contributed by atoms with Crippen molar-refractivity contribution < 1.29 is 4.74 Å². The fourth-order valence-electron chi connectivity index (χ4n) is 3.14. The molecule has 2 nitrogen and oxygen atoms in total. The third kappa shape index (κ3) is 3.58. The highest BCUT2D eigenvalue weighted by atomic mass is 16.5. The van der Waals surface area contributed by atoms with Crippen molar-refractivity contribution in [1.82, 2.24) is 0 Å². The fraction of sp³-hybridized carbons (Fsp3) is 0.647. The van der Waals surface area contributed by atoms with Crippen molar-refractivity contribution in [2.45, 2.75) is 58.6 Å². The minimum Gasteiger partial charge on any atom is -0.377 e. The number of hydrogen-bond acceptors (Lipinski definition) is 2. The monoisotopic (exact) mass is 261 g/mol. The van der Waals surface area contributed by atoms with E-state index in [0.29, 0.717) is 5.92 Å². The predicted molar refractivity (Wildman–Crippen MR) is 80.4 cm³/mol. The molecule has 1 aliphatic carbocycles. The molecule has 0 radical (unpaired) electrons. The van der Waals surface area contributed by atoms with Crippen LogP contribution >= 0.6 is 0 Å². The summed E-state index contributed by atoms with van der Waals surface area (Å²) in [5.74, 6) is 0.462. The van der Waals surface area contributed by atoms with Crippen molar-refractivity contribution in [2.24, 2.45) is 11.7 Å². The van der Waals surface area contributed by atoms with E-state index in [1.807, 2.05) is 6.92 Å². The number of benzene rings is 1. The zero-order valence-electron chi connectivity index (χ0n) is 12.5. The second-order valence-corrected chi connectivity index (χ2v) is 5.99. The zero-order chi connectivity index (χ0) is 13.8. The van der Waals surface area contributed by atoms with Gasteiger partial charge in [0.15, 0.2) is 0 Å². The van der Waals surface area contributed by atoms with Crippen molar-refractivity contribution in [2.75, 3.05) is 6.61 Å². The molecule has 2 rings (SSSR count). The van der Waals surface area contributed by atoms with Crippen LogP contribution in [0.1, 0.15) is 43.9 Å². The molecule has 19 heavy (non-hydrogen) atoms. The lowest BCUT2D eigenvalue weighted by Crippen LogP contribution is -2.42. The Morgan fingerprint density at radius 3 is 2.63 bits per heavy atom. The van der Waals surface area contributed by atoms with Crippen LogP contribution in [-0.2, 0) is 24.0 Å². The molecule has 2 unspecified atom stereocenters. The average molecular weight is 261 g/mol. The highest BCUT2D eigenvalue weighted by Gasteiger charge is 2.22. The molecule has 0 heterocycles. The van der Waals surface area contributed by atoms with Gasteiger partial charge in [-0.25, -0.2) is 0 Å². The standard InChI is InChI=1S/C17H27NO/c1-4-19-17(12(2)3)16(18)11-13-8-9-14-6-5-7-15(14)10-13/h8-10,12,16-17H,4-7,11,18H2,1-3H3. The van der Waals surface area contributed by atoms with Gasteiger partial charge in [-0.3, -0.25) is 0 Å². The molecule has 0 aliphatic heterocycles. The molecule has 2 atom stereocenters. The van der Waals surface area contributed by atoms with E-state index in [2.05, 4.69) is 32.0 Å². The maximum absolute atomic E-state index is 6.36. The first-order valence-electron chi connectivity index (χ1n) is 7.59. The highest BCUT2D eigenvalue weighted by Crippen LogP contribution is 2.24. The van der Waals surface area contributed by atoms with Gasteiger partial charge < -0.3 is 10.5 Å². The van der Waals surface area contributed by atoms with E-state index in [9.17, 15) is 0 Å². The Hall–Kier alpha value is -0.860. The van der Waals surface area contributed by atoms with Crippen molar-refractivity contribution in [3.8, 4) is 0 Å². The first-order valence-corrected chi connectivity index (χ1v) is 7.59. The van der Waals surface area contributed by atoms with Gasteiger partial charge in [0, 0.05) is 12.6 Å². The van der Waals surface area contributed by atoms with Crippen LogP contribution in [0, 0.1) is 5.92 Å². The molecule has 0 bridgehead atoms. The van der Waals surface area contributed by atoms with Crippen LogP contribution in [0.4, 0.5) is 0 Å². The lowest BCUT2D eigenvalue weighted by molar-refractivity contribution is 0.0128. The van der Waals surface area contributed by atoms with Gasteiger partial charge in [-0.05, 0) is 55.2 Å². The lowest BCUT2D eigenvalue weighted by atomic mass is 9.93. The first-order chi connectivity index (χ1) is 9.11. The van der Waals surface area contributed by atoms with Gasteiger partial charge in [-0.1, -0.05) is 32.0 Å². The summed E-state index contributed by atoms with van der Waals surface area (Å²) in [7, 11) is 0. The molecule has 2 N–H and O–H groups in total. The van der Waals surface area contributed by atoms with Gasteiger partial charge in [0.2, 0.25) is 0 Å². The van der Waals surface area contributed by atoms with Gasteiger partial charge in [0.25, 0.3) is 0 Å². The number of aryl methyl sites for hydroxylation is 2. The molecule has 0 saturated heterocycles. The van der Waals surface area contributed by atoms with Crippen LogP contribution in [0.5, 0.6) is 0 Å². The highest BCUT2D eigenvalue weighted by molar-refractivity contribution is 5.35. The predicted octanol–water partition coefficient (Wildman–Crippen LogP) is 3.11. The van der Waals surface area contributed by atoms with E-state index >= 15 is 0 Å². The Morgan fingerprint density at radius 1 is 1.21 bits per heavy atom.